The maximum Gasteiger partial charge on any atom is 0.293 e. The third kappa shape index (κ3) is 4.07. The number of para-hydroxylation sites is 1. The van der Waals surface area contributed by atoms with Crippen LogP contribution in [-0.2, 0) is 11.3 Å². The van der Waals surface area contributed by atoms with Crippen molar-refractivity contribution in [2.75, 3.05) is 0 Å². The van der Waals surface area contributed by atoms with Gasteiger partial charge in [0.05, 0.1) is 21.9 Å². The summed E-state index contributed by atoms with van der Waals surface area (Å²) in [6.07, 6.45) is 1.48. The molecule has 7 nitrogen and oxygen atoms in total. The van der Waals surface area contributed by atoms with Crippen LogP contribution < -0.4 is 0 Å². The predicted octanol–water partition coefficient (Wildman–Crippen LogP) is 5.85. The molecule has 1 aromatic heterocycles. The molecule has 1 fully saturated rings. The summed E-state index contributed by atoms with van der Waals surface area (Å²) in [5.41, 5.74) is 1.09. The number of hydrogen-bond acceptors (Lipinski definition) is 6. The average Bonchev–Trinajstić information content (AvgIpc) is 3.30. The number of rotatable bonds is 5. The molecule has 3 aromatic rings. The lowest BCUT2D eigenvalue weighted by Gasteiger charge is -2.12. The van der Waals surface area contributed by atoms with Crippen LogP contribution in [-0.4, -0.2) is 21.0 Å². The van der Waals surface area contributed by atoms with Crippen molar-refractivity contribution < 1.29 is 18.9 Å². The van der Waals surface area contributed by atoms with Gasteiger partial charge in [0.15, 0.2) is 0 Å². The van der Waals surface area contributed by atoms with Gasteiger partial charge in [-0.3, -0.25) is 24.6 Å². The highest BCUT2D eigenvalue weighted by Crippen LogP contribution is 2.35. The second-order valence-corrected chi connectivity index (χ2v) is 8.28. The van der Waals surface area contributed by atoms with Crippen LogP contribution >= 0.6 is 27.7 Å². The number of benzene rings is 2. The minimum atomic E-state index is -0.481. The van der Waals surface area contributed by atoms with Gasteiger partial charge in [-0.15, -0.1) is 0 Å². The number of nitrogens with zero attached hydrogens (tertiary/aromatic N) is 2. The Morgan fingerprint density at radius 2 is 1.80 bits per heavy atom. The lowest BCUT2D eigenvalue weighted by molar-refractivity contribution is -0.384. The molecule has 0 saturated carbocycles. The van der Waals surface area contributed by atoms with Gasteiger partial charge < -0.3 is 4.42 Å². The normalized spacial score (nSPS) is 15.2. The number of carbonyl (C=O) groups excluding carboxylic acids is 2. The highest BCUT2D eigenvalue weighted by Gasteiger charge is 2.35. The van der Waals surface area contributed by atoms with Crippen molar-refractivity contribution in [3.8, 4) is 11.3 Å². The van der Waals surface area contributed by atoms with Crippen LogP contribution in [0.25, 0.3) is 17.4 Å². The summed E-state index contributed by atoms with van der Waals surface area (Å²) in [7, 11) is 0. The summed E-state index contributed by atoms with van der Waals surface area (Å²) in [6, 6.07) is 16.8. The molecule has 0 atom stereocenters. The molecule has 2 amide bonds. The van der Waals surface area contributed by atoms with E-state index in [1.807, 2.05) is 24.3 Å². The largest absolute Gasteiger partial charge is 0.456 e. The molecular formula is C21H13BrN2O5S. The average molecular weight is 485 g/mol. The zero-order valence-electron chi connectivity index (χ0n) is 15.3. The quantitative estimate of drug-likeness (QED) is 0.256. The van der Waals surface area contributed by atoms with Gasteiger partial charge in [0.1, 0.15) is 11.5 Å². The molecule has 1 aliphatic heterocycles. The zero-order chi connectivity index (χ0) is 21.3. The Bertz CT molecular complexity index is 1190. The molecule has 30 heavy (non-hydrogen) atoms. The number of thioether (sulfide) groups is 1. The fraction of sp³-hybridized carbons (Fsp3) is 0.0476. The molecule has 0 spiro atoms. The van der Waals surface area contributed by atoms with E-state index in [1.165, 1.54) is 17.0 Å². The van der Waals surface area contributed by atoms with E-state index in [2.05, 4.69) is 15.9 Å². The molecule has 0 unspecified atom stereocenters. The first-order chi connectivity index (χ1) is 14.4. The van der Waals surface area contributed by atoms with Crippen molar-refractivity contribution in [1.82, 2.24) is 4.90 Å². The van der Waals surface area contributed by atoms with Crippen LogP contribution in [0, 0.1) is 10.1 Å². The van der Waals surface area contributed by atoms with Crippen molar-refractivity contribution >= 4 is 50.6 Å². The van der Waals surface area contributed by atoms with Crippen LogP contribution in [0.5, 0.6) is 0 Å². The molecule has 1 aliphatic rings. The van der Waals surface area contributed by atoms with E-state index in [1.54, 1.807) is 30.3 Å². The number of nitro benzene ring substituents is 1. The lowest BCUT2D eigenvalue weighted by atomic mass is 10.1. The van der Waals surface area contributed by atoms with E-state index in [9.17, 15) is 19.7 Å². The third-order valence-electron chi connectivity index (χ3n) is 4.39. The van der Waals surface area contributed by atoms with Gasteiger partial charge in [-0.1, -0.05) is 40.2 Å². The van der Waals surface area contributed by atoms with E-state index in [0.29, 0.717) is 17.1 Å². The highest BCUT2D eigenvalue weighted by atomic mass is 79.9. The summed E-state index contributed by atoms with van der Waals surface area (Å²) < 4.78 is 6.60. The fourth-order valence-corrected chi connectivity index (χ4v) is 4.04. The van der Waals surface area contributed by atoms with Gasteiger partial charge in [-0.2, -0.15) is 0 Å². The van der Waals surface area contributed by atoms with Crippen molar-refractivity contribution in [2.24, 2.45) is 0 Å². The summed E-state index contributed by atoms with van der Waals surface area (Å²) in [5.74, 6) is 0.233. The Balaban J connectivity index is 1.56. The number of furan rings is 1. The Morgan fingerprint density at radius 3 is 2.53 bits per heavy atom. The van der Waals surface area contributed by atoms with Gasteiger partial charge >= 0.3 is 0 Å². The SMILES string of the molecule is O=C1S/C(=C\c2ccc(-c3ccccc3[N+](=O)[O-])o2)C(=O)N1Cc1ccc(Br)cc1. The molecule has 0 radical (unpaired) electrons. The van der Waals surface area contributed by atoms with Crippen molar-refractivity contribution in [1.29, 1.82) is 0 Å². The first-order valence-electron chi connectivity index (χ1n) is 8.76. The number of imide groups is 1. The third-order valence-corrected chi connectivity index (χ3v) is 5.83. The predicted molar refractivity (Wildman–Crippen MR) is 116 cm³/mol. The van der Waals surface area contributed by atoms with Gasteiger partial charge in [0, 0.05) is 16.6 Å². The molecule has 0 N–H and O–H groups in total. The van der Waals surface area contributed by atoms with Crippen LogP contribution in [0.15, 0.2) is 74.5 Å². The second-order valence-electron chi connectivity index (χ2n) is 6.37. The lowest BCUT2D eigenvalue weighted by Crippen LogP contribution is -2.27. The first kappa shape index (κ1) is 20.1. The molecule has 0 aliphatic carbocycles. The summed E-state index contributed by atoms with van der Waals surface area (Å²) in [5, 5.41) is 10.9. The molecule has 4 rings (SSSR count). The molecule has 0 bridgehead atoms. The summed E-state index contributed by atoms with van der Waals surface area (Å²) >= 11 is 4.18. The molecule has 9 heteroatoms. The molecule has 150 valence electrons. The molecule has 2 aromatic carbocycles. The van der Waals surface area contributed by atoms with Crippen molar-refractivity contribution in [3.63, 3.8) is 0 Å². The Hall–Kier alpha value is -3.17. The Morgan fingerprint density at radius 1 is 1.07 bits per heavy atom. The van der Waals surface area contributed by atoms with Crippen molar-refractivity contribution in [2.45, 2.75) is 6.54 Å². The summed E-state index contributed by atoms with van der Waals surface area (Å²) in [6.45, 7) is 0.175. The molecule has 2 heterocycles. The van der Waals surface area contributed by atoms with E-state index in [-0.39, 0.29) is 22.4 Å². The van der Waals surface area contributed by atoms with E-state index in [4.69, 9.17) is 4.42 Å². The van der Waals surface area contributed by atoms with Gasteiger partial charge in [0.2, 0.25) is 0 Å². The molecular weight excluding hydrogens is 472 g/mol. The van der Waals surface area contributed by atoms with E-state index < -0.39 is 10.8 Å². The maximum atomic E-state index is 12.7. The Kier molecular flexibility index (Phi) is 5.56. The fourth-order valence-electron chi connectivity index (χ4n) is 2.95. The maximum absolute atomic E-state index is 12.7. The van der Waals surface area contributed by atoms with Crippen LogP contribution in [0.2, 0.25) is 0 Å². The number of nitro groups is 1. The monoisotopic (exact) mass is 484 g/mol. The topological polar surface area (TPSA) is 93.7 Å². The van der Waals surface area contributed by atoms with Crippen LogP contribution in [0.1, 0.15) is 11.3 Å². The number of hydrogen-bond donors (Lipinski definition) is 0. The zero-order valence-corrected chi connectivity index (χ0v) is 17.7. The smallest absolute Gasteiger partial charge is 0.293 e. The van der Waals surface area contributed by atoms with E-state index in [0.717, 1.165) is 21.8 Å². The summed E-state index contributed by atoms with van der Waals surface area (Å²) in [4.78, 5) is 37.2. The minimum Gasteiger partial charge on any atom is -0.456 e. The van der Waals surface area contributed by atoms with Crippen LogP contribution in [0.3, 0.4) is 0 Å². The Labute approximate surface area is 183 Å². The van der Waals surface area contributed by atoms with Gasteiger partial charge in [-0.25, -0.2) is 0 Å². The van der Waals surface area contributed by atoms with Crippen molar-refractivity contribution in [3.05, 3.63) is 91.5 Å². The standard InChI is InChI=1S/C21H13BrN2O5S/c22-14-7-5-13(6-8-14)12-23-20(25)19(30-21(23)26)11-15-9-10-18(29-15)16-3-1-2-4-17(16)24(27)28/h1-11H,12H2/b19-11-. The number of halogens is 1. The number of amides is 2. The van der Waals surface area contributed by atoms with Gasteiger partial charge in [0.25, 0.3) is 16.8 Å². The number of carbonyl (C=O) groups is 2. The first-order valence-corrected chi connectivity index (χ1v) is 10.4. The minimum absolute atomic E-state index is 0.0757. The van der Waals surface area contributed by atoms with Gasteiger partial charge in [-0.05, 0) is 47.7 Å². The second kappa shape index (κ2) is 8.29. The highest BCUT2D eigenvalue weighted by molar-refractivity contribution is 9.10. The molecule has 1 saturated heterocycles. The van der Waals surface area contributed by atoms with E-state index >= 15 is 0 Å². The van der Waals surface area contributed by atoms with Crippen LogP contribution in [0.4, 0.5) is 10.5 Å².